The van der Waals surface area contributed by atoms with Crippen molar-refractivity contribution < 1.29 is 0 Å². The molecule has 1 aromatic heterocycles. The number of benzene rings is 1. The molecule has 0 aliphatic heterocycles. The fraction of sp³-hybridized carbons (Fsp3) is 0.154. The number of rotatable bonds is 4. The van der Waals surface area contributed by atoms with Crippen molar-refractivity contribution in [2.24, 2.45) is 0 Å². The van der Waals surface area contributed by atoms with Crippen molar-refractivity contribution in [3.05, 3.63) is 59.4 Å². The van der Waals surface area contributed by atoms with Crippen LogP contribution in [0.15, 0.2) is 48.8 Å². The fourth-order valence-corrected chi connectivity index (χ4v) is 3.39. The Bertz CT molecular complexity index is 427. The van der Waals surface area contributed by atoms with Gasteiger partial charge in [-0.2, -0.15) is 0 Å². The van der Waals surface area contributed by atoms with E-state index in [1.807, 2.05) is 24.5 Å². The van der Waals surface area contributed by atoms with E-state index in [4.69, 9.17) is 11.6 Å². The van der Waals surface area contributed by atoms with E-state index in [-0.39, 0.29) is 0 Å². The summed E-state index contributed by atoms with van der Waals surface area (Å²) in [7, 11) is 0. The Morgan fingerprint density at radius 1 is 1.00 bits per heavy atom. The van der Waals surface area contributed by atoms with Crippen molar-refractivity contribution >= 4 is 31.0 Å². The van der Waals surface area contributed by atoms with Gasteiger partial charge < -0.3 is 0 Å². The SMILES string of the molecule is Clc1ccc([Se]CCc2ccncc2)cc1. The van der Waals surface area contributed by atoms with Gasteiger partial charge in [0.25, 0.3) is 0 Å². The van der Waals surface area contributed by atoms with Crippen LogP contribution in [0.25, 0.3) is 0 Å². The Kier molecular flexibility index (Phi) is 4.41. The van der Waals surface area contributed by atoms with E-state index in [0.717, 1.165) is 11.4 Å². The summed E-state index contributed by atoms with van der Waals surface area (Å²) < 4.78 is 1.41. The molecule has 0 radical (unpaired) electrons. The number of aryl methyl sites for hydroxylation is 1. The molecule has 0 N–H and O–H groups in total. The Morgan fingerprint density at radius 2 is 1.69 bits per heavy atom. The van der Waals surface area contributed by atoms with Crippen LogP contribution in [-0.2, 0) is 6.42 Å². The molecule has 0 saturated heterocycles. The first-order valence-corrected chi connectivity index (χ1v) is 7.56. The second kappa shape index (κ2) is 6.05. The van der Waals surface area contributed by atoms with Crippen LogP contribution in [0, 0.1) is 0 Å². The molecule has 16 heavy (non-hydrogen) atoms. The fourth-order valence-electron chi connectivity index (χ4n) is 1.37. The number of hydrogen-bond acceptors (Lipinski definition) is 1. The van der Waals surface area contributed by atoms with Gasteiger partial charge in [0.1, 0.15) is 0 Å². The van der Waals surface area contributed by atoms with Gasteiger partial charge in [0.2, 0.25) is 0 Å². The third-order valence-corrected chi connectivity index (χ3v) is 4.60. The molecule has 1 aromatic carbocycles. The molecule has 2 rings (SSSR count). The zero-order valence-corrected chi connectivity index (χ0v) is 11.2. The second-order valence-electron chi connectivity index (χ2n) is 3.41. The van der Waals surface area contributed by atoms with Crippen molar-refractivity contribution in [1.29, 1.82) is 0 Å². The van der Waals surface area contributed by atoms with Crippen LogP contribution in [-0.4, -0.2) is 19.9 Å². The van der Waals surface area contributed by atoms with Gasteiger partial charge in [-0.25, -0.2) is 0 Å². The summed E-state index contributed by atoms with van der Waals surface area (Å²) in [5, 5.41) is 2.03. The minimum atomic E-state index is 0.536. The predicted molar refractivity (Wildman–Crippen MR) is 69.6 cm³/mol. The number of nitrogens with zero attached hydrogens (tertiary/aromatic N) is 1. The van der Waals surface area contributed by atoms with E-state index >= 15 is 0 Å². The zero-order chi connectivity index (χ0) is 11.2. The topological polar surface area (TPSA) is 12.9 Å². The van der Waals surface area contributed by atoms with Crippen molar-refractivity contribution in [1.82, 2.24) is 4.98 Å². The minimum absolute atomic E-state index is 0.536. The molecule has 0 amide bonds. The molecule has 0 saturated carbocycles. The van der Waals surface area contributed by atoms with E-state index in [2.05, 4.69) is 29.2 Å². The van der Waals surface area contributed by atoms with Crippen LogP contribution >= 0.6 is 11.6 Å². The molecular formula is C13H12ClNSe. The van der Waals surface area contributed by atoms with Gasteiger partial charge in [-0.05, 0) is 0 Å². The van der Waals surface area contributed by atoms with E-state index < -0.39 is 0 Å². The summed E-state index contributed by atoms with van der Waals surface area (Å²) in [5.41, 5.74) is 1.37. The van der Waals surface area contributed by atoms with Gasteiger partial charge in [0.15, 0.2) is 0 Å². The molecule has 0 aliphatic carbocycles. The van der Waals surface area contributed by atoms with Crippen molar-refractivity contribution in [3.8, 4) is 0 Å². The van der Waals surface area contributed by atoms with E-state index in [1.54, 1.807) is 0 Å². The van der Waals surface area contributed by atoms with Crippen LogP contribution in [0.1, 0.15) is 5.56 Å². The first-order chi connectivity index (χ1) is 7.84. The summed E-state index contributed by atoms with van der Waals surface area (Å²) in [4.78, 5) is 4.01. The molecule has 0 fully saturated rings. The third-order valence-electron chi connectivity index (χ3n) is 2.22. The number of pyridine rings is 1. The average molecular weight is 297 g/mol. The van der Waals surface area contributed by atoms with Crippen molar-refractivity contribution in [2.75, 3.05) is 0 Å². The molecule has 2 aromatic rings. The molecule has 1 nitrogen and oxygen atoms in total. The quantitative estimate of drug-likeness (QED) is 0.791. The van der Waals surface area contributed by atoms with Gasteiger partial charge in [-0.15, -0.1) is 0 Å². The predicted octanol–water partition coefficient (Wildman–Crippen LogP) is 2.73. The maximum atomic E-state index is 5.84. The number of hydrogen-bond donors (Lipinski definition) is 0. The Labute approximate surface area is 107 Å². The van der Waals surface area contributed by atoms with E-state index in [9.17, 15) is 0 Å². The molecule has 0 spiro atoms. The molecular weight excluding hydrogens is 285 g/mol. The third kappa shape index (κ3) is 3.64. The monoisotopic (exact) mass is 297 g/mol. The Balaban J connectivity index is 1.82. The van der Waals surface area contributed by atoms with Gasteiger partial charge in [-0.3, -0.25) is 0 Å². The average Bonchev–Trinajstić information content (AvgIpc) is 2.33. The van der Waals surface area contributed by atoms with Crippen molar-refractivity contribution in [3.63, 3.8) is 0 Å². The van der Waals surface area contributed by atoms with E-state index in [1.165, 1.54) is 15.3 Å². The van der Waals surface area contributed by atoms with E-state index in [0.29, 0.717) is 15.0 Å². The molecule has 82 valence electrons. The standard InChI is InChI=1S/C13H12ClNSe/c14-12-1-3-13(4-2-12)16-10-7-11-5-8-15-9-6-11/h1-6,8-9H,7,10H2. The van der Waals surface area contributed by atoms with Gasteiger partial charge in [0, 0.05) is 0 Å². The Morgan fingerprint density at radius 3 is 2.38 bits per heavy atom. The first-order valence-electron chi connectivity index (χ1n) is 5.12. The molecule has 0 bridgehead atoms. The zero-order valence-electron chi connectivity index (χ0n) is 8.77. The number of halogens is 1. The molecule has 3 heteroatoms. The maximum absolute atomic E-state index is 5.84. The van der Waals surface area contributed by atoms with Gasteiger partial charge in [0.05, 0.1) is 0 Å². The van der Waals surface area contributed by atoms with Crippen LogP contribution in [0.4, 0.5) is 0 Å². The van der Waals surface area contributed by atoms with Gasteiger partial charge >= 0.3 is 107 Å². The normalized spacial score (nSPS) is 10.3. The van der Waals surface area contributed by atoms with Gasteiger partial charge in [-0.1, -0.05) is 0 Å². The first kappa shape index (κ1) is 11.7. The molecule has 1 heterocycles. The summed E-state index contributed by atoms with van der Waals surface area (Å²) in [6, 6.07) is 12.3. The number of aromatic nitrogens is 1. The summed E-state index contributed by atoms with van der Waals surface area (Å²) >= 11 is 6.38. The summed E-state index contributed by atoms with van der Waals surface area (Å²) in [6.45, 7) is 0. The van der Waals surface area contributed by atoms with Crippen LogP contribution in [0.2, 0.25) is 10.3 Å². The molecule has 0 atom stereocenters. The summed E-state index contributed by atoms with van der Waals surface area (Å²) in [6.07, 6.45) is 4.83. The second-order valence-corrected chi connectivity index (χ2v) is 6.30. The molecule has 0 unspecified atom stereocenters. The summed E-state index contributed by atoms with van der Waals surface area (Å²) in [5.74, 6) is 0. The Hall–Kier alpha value is -0.821. The van der Waals surface area contributed by atoms with Crippen LogP contribution < -0.4 is 4.46 Å². The molecule has 0 aliphatic rings. The van der Waals surface area contributed by atoms with Crippen LogP contribution in [0.5, 0.6) is 0 Å². The van der Waals surface area contributed by atoms with Crippen LogP contribution in [0.3, 0.4) is 0 Å². The van der Waals surface area contributed by atoms with Crippen molar-refractivity contribution in [2.45, 2.75) is 11.7 Å².